The summed E-state index contributed by atoms with van der Waals surface area (Å²) >= 11 is 0. The average Bonchev–Trinajstić information content (AvgIpc) is 3.29. The highest BCUT2D eigenvalue weighted by Gasteiger charge is 2.36. The molecule has 0 spiro atoms. The summed E-state index contributed by atoms with van der Waals surface area (Å²) in [5.74, 6) is 0. The molecule has 1 aliphatic carbocycles. The summed E-state index contributed by atoms with van der Waals surface area (Å²) in [4.78, 5) is 11.7. The zero-order chi connectivity index (χ0) is 25.4. The highest BCUT2D eigenvalue weighted by atomic mass is 15.2. The number of fused-ring (bicyclic) bond motifs is 5. The van der Waals surface area contributed by atoms with Gasteiger partial charge in [-0.3, -0.25) is 9.97 Å². The number of rotatable bonds is 2. The van der Waals surface area contributed by atoms with Crippen molar-refractivity contribution >= 4 is 27.8 Å². The standard InChI is InChI=1S/C35H25N3/c1-35(2)28-10-3-5-12-30(28)38(31-13-6-4-11-29(31)35)23-16-14-22(15-17-23)24-18-19-27-32-25(24)8-7-9-26(32)33-34(27)37-21-20-36-33/h3-21H,1-2H3. The molecule has 0 saturated heterocycles. The smallest absolute Gasteiger partial charge is 0.0971 e. The molecule has 0 amide bonds. The Morgan fingerprint density at radius 3 is 1.79 bits per heavy atom. The van der Waals surface area contributed by atoms with Gasteiger partial charge in [-0.05, 0) is 51.9 Å². The molecule has 0 fully saturated rings. The Balaban J connectivity index is 1.27. The van der Waals surface area contributed by atoms with Crippen LogP contribution in [0.2, 0.25) is 0 Å². The molecule has 0 N–H and O–H groups in total. The highest BCUT2D eigenvalue weighted by molar-refractivity contribution is 6.17. The van der Waals surface area contributed by atoms with Gasteiger partial charge in [0, 0.05) is 40.0 Å². The van der Waals surface area contributed by atoms with E-state index in [4.69, 9.17) is 0 Å². The number of para-hydroxylation sites is 2. The lowest BCUT2D eigenvalue weighted by molar-refractivity contribution is 0.632. The van der Waals surface area contributed by atoms with E-state index in [9.17, 15) is 0 Å². The molecule has 3 heteroatoms. The molecule has 1 aliphatic heterocycles. The van der Waals surface area contributed by atoms with Crippen LogP contribution >= 0.6 is 0 Å². The minimum Gasteiger partial charge on any atom is -0.310 e. The summed E-state index contributed by atoms with van der Waals surface area (Å²) in [6.45, 7) is 4.65. The minimum atomic E-state index is -0.0600. The Morgan fingerprint density at radius 1 is 0.553 bits per heavy atom. The normalized spacial score (nSPS) is 14.2. The molecule has 0 saturated carbocycles. The SMILES string of the molecule is CC1(C)c2ccccc2N(c2ccc(-c3ccc4c5c(cccc35)-c3nccnc3-4)cc2)c2ccccc21. The van der Waals surface area contributed by atoms with Crippen LogP contribution in [0, 0.1) is 0 Å². The van der Waals surface area contributed by atoms with Crippen molar-refractivity contribution in [2.45, 2.75) is 19.3 Å². The van der Waals surface area contributed by atoms with E-state index >= 15 is 0 Å². The molecule has 0 bridgehead atoms. The Labute approximate surface area is 222 Å². The Morgan fingerprint density at radius 2 is 1.13 bits per heavy atom. The van der Waals surface area contributed by atoms with Crippen molar-refractivity contribution in [3.8, 4) is 33.6 Å². The molecule has 8 rings (SSSR count). The molecule has 38 heavy (non-hydrogen) atoms. The monoisotopic (exact) mass is 487 g/mol. The van der Waals surface area contributed by atoms with Gasteiger partial charge in [0.25, 0.3) is 0 Å². The van der Waals surface area contributed by atoms with Gasteiger partial charge in [0.15, 0.2) is 0 Å². The van der Waals surface area contributed by atoms with E-state index < -0.39 is 0 Å². The molecular weight excluding hydrogens is 462 g/mol. The van der Waals surface area contributed by atoms with Gasteiger partial charge in [-0.2, -0.15) is 0 Å². The van der Waals surface area contributed by atoms with Gasteiger partial charge >= 0.3 is 0 Å². The van der Waals surface area contributed by atoms with Crippen molar-refractivity contribution in [1.29, 1.82) is 0 Å². The number of hydrogen-bond donors (Lipinski definition) is 0. The third-order valence-corrected chi connectivity index (χ3v) is 8.32. The predicted octanol–water partition coefficient (Wildman–Crippen LogP) is 9.05. The molecule has 0 unspecified atom stereocenters. The predicted molar refractivity (Wildman–Crippen MR) is 156 cm³/mol. The van der Waals surface area contributed by atoms with E-state index in [2.05, 4.69) is 132 Å². The van der Waals surface area contributed by atoms with Crippen molar-refractivity contribution in [3.05, 3.63) is 127 Å². The van der Waals surface area contributed by atoms with Gasteiger partial charge in [-0.15, -0.1) is 0 Å². The number of anilines is 3. The van der Waals surface area contributed by atoms with E-state index in [1.165, 1.54) is 55.5 Å². The topological polar surface area (TPSA) is 29.0 Å². The largest absolute Gasteiger partial charge is 0.310 e. The second-order valence-electron chi connectivity index (χ2n) is 10.7. The number of benzene rings is 5. The summed E-state index contributed by atoms with van der Waals surface area (Å²) in [5, 5.41) is 2.49. The summed E-state index contributed by atoms with van der Waals surface area (Å²) in [6.07, 6.45) is 3.56. The van der Waals surface area contributed by atoms with Crippen LogP contribution in [0.4, 0.5) is 17.1 Å². The van der Waals surface area contributed by atoms with Crippen molar-refractivity contribution in [2.24, 2.45) is 0 Å². The highest BCUT2D eigenvalue weighted by Crippen LogP contribution is 2.52. The summed E-state index contributed by atoms with van der Waals surface area (Å²) in [7, 11) is 0. The van der Waals surface area contributed by atoms with Crippen LogP contribution in [0.3, 0.4) is 0 Å². The Bertz CT molecular complexity index is 1820. The van der Waals surface area contributed by atoms with Crippen LogP contribution in [-0.4, -0.2) is 9.97 Å². The minimum absolute atomic E-state index is 0.0600. The average molecular weight is 488 g/mol. The molecular formula is C35H25N3. The lowest BCUT2D eigenvalue weighted by Gasteiger charge is -2.42. The van der Waals surface area contributed by atoms with Gasteiger partial charge < -0.3 is 4.90 Å². The lowest BCUT2D eigenvalue weighted by Crippen LogP contribution is -2.30. The quantitative estimate of drug-likeness (QED) is 0.244. The van der Waals surface area contributed by atoms with E-state index in [0.717, 1.165) is 17.1 Å². The van der Waals surface area contributed by atoms with Crippen LogP contribution in [0.1, 0.15) is 25.0 Å². The van der Waals surface area contributed by atoms with Gasteiger partial charge in [0.2, 0.25) is 0 Å². The molecule has 2 heterocycles. The van der Waals surface area contributed by atoms with Crippen LogP contribution in [0.25, 0.3) is 44.4 Å². The summed E-state index contributed by atoms with van der Waals surface area (Å²) in [6, 6.07) is 37.5. The molecule has 0 atom stereocenters. The Kier molecular flexibility index (Phi) is 4.28. The molecule has 2 aliphatic rings. The first kappa shape index (κ1) is 21.3. The first-order valence-corrected chi connectivity index (χ1v) is 13.1. The molecule has 3 nitrogen and oxygen atoms in total. The van der Waals surface area contributed by atoms with Gasteiger partial charge in [0.05, 0.1) is 22.8 Å². The maximum atomic E-state index is 4.64. The first-order chi connectivity index (χ1) is 18.6. The van der Waals surface area contributed by atoms with Crippen molar-refractivity contribution in [2.75, 3.05) is 4.90 Å². The number of nitrogens with zero attached hydrogens (tertiary/aromatic N) is 3. The van der Waals surface area contributed by atoms with Crippen molar-refractivity contribution in [3.63, 3.8) is 0 Å². The molecule has 6 aromatic rings. The summed E-state index contributed by atoms with van der Waals surface area (Å²) in [5.41, 5.74) is 13.0. The van der Waals surface area contributed by atoms with E-state index in [1.807, 2.05) is 0 Å². The molecule has 1 aromatic heterocycles. The second kappa shape index (κ2) is 7.62. The maximum absolute atomic E-state index is 4.64. The lowest BCUT2D eigenvalue weighted by atomic mass is 9.73. The van der Waals surface area contributed by atoms with Crippen molar-refractivity contribution < 1.29 is 0 Å². The van der Waals surface area contributed by atoms with Gasteiger partial charge in [-0.1, -0.05) is 92.7 Å². The van der Waals surface area contributed by atoms with Crippen molar-refractivity contribution in [1.82, 2.24) is 9.97 Å². The molecule has 180 valence electrons. The molecule has 5 aromatic carbocycles. The third-order valence-electron chi connectivity index (χ3n) is 8.32. The molecule has 0 radical (unpaired) electrons. The fourth-order valence-electron chi connectivity index (χ4n) is 6.52. The van der Waals surface area contributed by atoms with E-state index in [-0.39, 0.29) is 5.41 Å². The number of hydrogen-bond acceptors (Lipinski definition) is 3. The fourth-order valence-corrected chi connectivity index (χ4v) is 6.52. The summed E-state index contributed by atoms with van der Waals surface area (Å²) < 4.78 is 0. The zero-order valence-electron chi connectivity index (χ0n) is 21.3. The second-order valence-corrected chi connectivity index (χ2v) is 10.7. The van der Waals surface area contributed by atoms with Gasteiger partial charge in [-0.25, -0.2) is 0 Å². The third kappa shape index (κ3) is 2.79. The maximum Gasteiger partial charge on any atom is 0.0971 e. The van der Waals surface area contributed by atoms with Crippen LogP contribution in [0.5, 0.6) is 0 Å². The number of aromatic nitrogens is 2. The first-order valence-electron chi connectivity index (χ1n) is 13.1. The van der Waals surface area contributed by atoms with E-state index in [1.54, 1.807) is 12.4 Å². The van der Waals surface area contributed by atoms with Crippen LogP contribution < -0.4 is 4.90 Å². The van der Waals surface area contributed by atoms with Crippen LogP contribution in [-0.2, 0) is 5.41 Å². The zero-order valence-corrected chi connectivity index (χ0v) is 21.3. The Hall–Kier alpha value is -4.76. The van der Waals surface area contributed by atoms with E-state index in [0.29, 0.717) is 0 Å². The van der Waals surface area contributed by atoms with Crippen LogP contribution in [0.15, 0.2) is 116 Å². The fraction of sp³-hybridized carbons (Fsp3) is 0.0857. The van der Waals surface area contributed by atoms with Gasteiger partial charge in [0.1, 0.15) is 0 Å².